The molecule has 1 amide bonds. The lowest BCUT2D eigenvalue weighted by Crippen LogP contribution is -2.43. The first kappa shape index (κ1) is 18.2. The van der Waals surface area contributed by atoms with Crippen molar-refractivity contribution in [3.63, 3.8) is 0 Å². The number of aliphatic carboxylic acids is 1. The standard InChI is InChI=1S/C20H21NO4S/c1-20(19(23)24,25-16-6-3-2-4-7-16)14-15-9-11-21(12-10-15)18(22)17-8-5-13-26-17/h2-9,13H,10-12,14H2,1H3,(H,23,24). The second kappa shape index (κ2) is 7.74. The minimum Gasteiger partial charge on any atom is -0.478 e. The van der Waals surface area contributed by atoms with Crippen LogP contribution in [0.2, 0.25) is 0 Å². The molecule has 6 heteroatoms. The minimum absolute atomic E-state index is 0.0248. The van der Waals surface area contributed by atoms with Crippen molar-refractivity contribution in [2.75, 3.05) is 13.1 Å². The molecular weight excluding hydrogens is 350 g/mol. The van der Waals surface area contributed by atoms with Crippen molar-refractivity contribution < 1.29 is 19.4 Å². The normalized spacial score (nSPS) is 16.5. The Kier molecular flexibility index (Phi) is 5.42. The lowest BCUT2D eigenvalue weighted by Gasteiger charge is -2.31. The van der Waals surface area contributed by atoms with E-state index in [0.717, 1.165) is 10.5 Å². The number of benzene rings is 1. The fraction of sp³-hybridized carbons (Fsp3) is 0.300. The Morgan fingerprint density at radius 2 is 2.00 bits per heavy atom. The van der Waals surface area contributed by atoms with Crippen molar-refractivity contribution in [1.29, 1.82) is 0 Å². The Bertz CT molecular complexity index is 800. The number of para-hydroxylation sites is 1. The summed E-state index contributed by atoms with van der Waals surface area (Å²) in [6.45, 7) is 2.67. The Labute approximate surface area is 156 Å². The van der Waals surface area contributed by atoms with Crippen LogP contribution >= 0.6 is 11.3 Å². The third-order valence-corrected chi connectivity index (χ3v) is 5.28. The fourth-order valence-corrected chi connectivity index (χ4v) is 3.64. The lowest BCUT2D eigenvalue weighted by molar-refractivity contribution is -0.153. The number of thiophene rings is 1. The smallest absolute Gasteiger partial charge is 0.348 e. The summed E-state index contributed by atoms with van der Waals surface area (Å²) < 4.78 is 5.78. The van der Waals surface area contributed by atoms with Crippen LogP contribution in [0.5, 0.6) is 5.75 Å². The first-order valence-electron chi connectivity index (χ1n) is 8.46. The Morgan fingerprint density at radius 3 is 2.58 bits per heavy atom. The van der Waals surface area contributed by atoms with Crippen molar-refractivity contribution in [2.24, 2.45) is 0 Å². The first-order valence-corrected chi connectivity index (χ1v) is 9.34. The summed E-state index contributed by atoms with van der Waals surface area (Å²) in [5, 5.41) is 11.6. The molecule has 0 radical (unpaired) electrons. The average molecular weight is 371 g/mol. The van der Waals surface area contributed by atoms with Crippen molar-refractivity contribution in [3.05, 3.63) is 64.4 Å². The molecule has 26 heavy (non-hydrogen) atoms. The number of nitrogens with zero attached hydrogens (tertiary/aromatic N) is 1. The van der Waals surface area contributed by atoms with E-state index >= 15 is 0 Å². The lowest BCUT2D eigenvalue weighted by atomic mass is 9.92. The summed E-state index contributed by atoms with van der Waals surface area (Å²) in [5.74, 6) is -0.445. The molecule has 0 spiro atoms. The first-order chi connectivity index (χ1) is 12.5. The van der Waals surface area contributed by atoms with Crippen molar-refractivity contribution in [3.8, 4) is 5.75 Å². The van der Waals surface area contributed by atoms with Crippen LogP contribution in [0, 0.1) is 0 Å². The van der Waals surface area contributed by atoms with Crippen molar-refractivity contribution in [2.45, 2.75) is 25.4 Å². The van der Waals surface area contributed by atoms with Gasteiger partial charge in [0.2, 0.25) is 5.60 Å². The van der Waals surface area contributed by atoms with Crippen LogP contribution in [-0.4, -0.2) is 40.6 Å². The van der Waals surface area contributed by atoms with Gasteiger partial charge in [0, 0.05) is 19.5 Å². The van der Waals surface area contributed by atoms with E-state index in [1.807, 2.05) is 41.8 Å². The molecule has 0 saturated carbocycles. The molecule has 3 rings (SSSR count). The summed E-state index contributed by atoms with van der Waals surface area (Å²) in [6, 6.07) is 12.7. The Morgan fingerprint density at radius 1 is 1.23 bits per heavy atom. The molecule has 1 aromatic carbocycles. The van der Waals surface area contributed by atoms with E-state index in [2.05, 4.69) is 0 Å². The third-order valence-electron chi connectivity index (χ3n) is 4.43. The van der Waals surface area contributed by atoms with Crippen LogP contribution in [0.1, 0.15) is 29.4 Å². The molecule has 1 atom stereocenters. The molecule has 1 N–H and O–H groups in total. The molecule has 1 aliphatic rings. The van der Waals surface area contributed by atoms with Crippen LogP contribution in [-0.2, 0) is 4.79 Å². The van der Waals surface area contributed by atoms with Crippen LogP contribution in [0.4, 0.5) is 0 Å². The summed E-state index contributed by atoms with van der Waals surface area (Å²) in [6.07, 6.45) is 2.89. The summed E-state index contributed by atoms with van der Waals surface area (Å²) >= 11 is 1.43. The molecule has 0 saturated heterocycles. The number of carboxylic acids is 1. The SMILES string of the molecule is CC(CC1=CCN(C(=O)c2cccs2)CC1)(Oc1ccccc1)C(=O)O. The zero-order valence-corrected chi connectivity index (χ0v) is 15.4. The van der Waals surface area contributed by atoms with Gasteiger partial charge in [-0.15, -0.1) is 11.3 Å². The second-order valence-electron chi connectivity index (χ2n) is 6.47. The molecule has 0 bridgehead atoms. The van der Waals surface area contributed by atoms with E-state index in [0.29, 0.717) is 25.3 Å². The molecule has 2 heterocycles. The fourth-order valence-electron chi connectivity index (χ4n) is 2.95. The largest absolute Gasteiger partial charge is 0.478 e. The topological polar surface area (TPSA) is 66.8 Å². The molecule has 2 aromatic rings. The van der Waals surface area contributed by atoms with E-state index in [1.165, 1.54) is 11.3 Å². The molecule has 1 unspecified atom stereocenters. The molecule has 0 aliphatic carbocycles. The van der Waals surface area contributed by atoms with Gasteiger partial charge in [0.25, 0.3) is 5.91 Å². The maximum absolute atomic E-state index is 12.4. The van der Waals surface area contributed by atoms with E-state index in [4.69, 9.17) is 4.74 Å². The summed E-state index contributed by atoms with van der Waals surface area (Å²) in [4.78, 5) is 26.7. The third kappa shape index (κ3) is 4.14. The predicted molar refractivity (Wildman–Crippen MR) is 101 cm³/mol. The maximum atomic E-state index is 12.4. The number of hydrogen-bond acceptors (Lipinski definition) is 4. The monoisotopic (exact) mass is 371 g/mol. The Hall–Kier alpha value is -2.60. The number of amides is 1. The highest BCUT2D eigenvalue weighted by Gasteiger charge is 2.37. The van der Waals surface area contributed by atoms with E-state index in [-0.39, 0.29) is 12.3 Å². The van der Waals surface area contributed by atoms with Crippen LogP contribution in [0.15, 0.2) is 59.5 Å². The number of hydrogen-bond donors (Lipinski definition) is 1. The molecule has 136 valence electrons. The predicted octanol–water partition coefficient (Wildman–Crippen LogP) is 3.83. The average Bonchev–Trinajstić information content (AvgIpc) is 3.17. The van der Waals surface area contributed by atoms with E-state index < -0.39 is 11.6 Å². The van der Waals surface area contributed by atoms with Gasteiger partial charge in [-0.05, 0) is 36.9 Å². The highest BCUT2D eigenvalue weighted by Crippen LogP contribution is 2.28. The van der Waals surface area contributed by atoms with Gasteiger partial charge in [0.1, 0.15) is 5.75 Å². The minimum atomic E-state index is -1.34. The van der Waals surface area contributed by atoms with E-state index in [1.54, 1.807) is 24.0 Å². The van der Waals surface area contributed by atoms with Gasteiger partial charge in [-0.2, -0.15) is 0 Å². The molecule has 1 aliphatic heterocycles. The molecule has 1 aromatic heterocycles. The number of ether oxygens (including phenoxy) is 1. The zero-order chi connectivity index (χ0) is 18.6. The van der Waals surface area contributed by atoms with E-state index in [9.17, 15) is 14.7 Å². The van der Waals surface area contributed by atoms with Crippen molar-refractivity contribution >= 4 is 23.2 Å². The van der Waals surface area contributed by atoms with Gasteiger partial charge in [-0.3, -0.25) is 4.79 Å². The molecular formula is C20H21NO4S. The van der Waals surface area contributed by atoms with Gasteiger partial charge >= 0.3 is 5.97 Å². The molecule has 5 nitrogen and oxygen atoms in total. The van der Waals surface area contributed by atoms with Crippen molar-refractivity contribution in [1.82, 2.24) is 4.90 Å². The number of carbonyl (C=O) groups is 2. The van der Waals surface area contributed by atoms with Crippen LogP contribution in [0.25, 0.3) is 0 Å². The molecule has 0 fully saturated rings. The van der Waals surface area contributed by atoms with Crippen LogP contribution < -0.4 is 4.74 Å². The quantitative estimate of drug-likeness (QED) is 0.784. The zero-order valence-electron chi connectivity index (χ0n) is 14.6. The van der Waals surface area contributed by atoms with Gasteiger partial charge in [0.05, 0.1) is 4.88 Å². The second-order valence-corrected chi connectivity index (χ2v) is 7.42. The number of carboxylic acid groups (broad SMARTS) is 1. The summed E-state index contributed by atoms with van der Waals surface area (Å²) in [5.41, 5.74) is -0.339. The van der Waals surface area contributed by atoms with Gasteiger partial charge < -0.3 is 14.7 Å². The summed E-state index contributed by atoms with van der Waals surface area (Å²) in [7, 11) is 0. The number of rotatable bonds is 6. The number of carbonyl (C=O) groups excluding carboxylic acids is 1. The Balaban J connectivity index is 1.67. The van der Waals surface area contributed by atoms with Gasteiger partial charge in [-0.1, -0.05) is 35.9 Å². The highest BCUT2D eigenvalue weighted by atomic mass is 32.1. The van der Waals surface area contributed by atoms with Gasteiger partial charge in [0.15, 0.2) is 0 Å². The maximum Gasteiger partial charge on any atom is 0.348 e. The van der Waals surface area contributed by atoms with Crippen LogP contribution in [0.3, 0.4) is 0 Å². The van der Waals surface area contributed by atoms with Gasteiger partial charge in [-0.25, -0.2) is 4.79 Å². The highest BCUT2D eigenvalue weighted by molar-refractivity contribution is 7.12.